The van der Waals surface area contributed by atoms with Gasteiger partial charge in [-0.05, 0) is 31.9 Å². The lowest BCUT2D eigenvalue weighted by molar-refractivity contribution is -0.131. The minimum absolute atomic E-state index is 0.0317. The van der Waals surface area contributed by atoms with E-state index in [0.29, 0.717) is 5.57 Å². The second-order valence-corrected chi connectivity index (χ2v) is 8.83. The summed E-state index contributed by atoms with van der Waals surface area (Å²) in [4.78, 5) is 11.2. The second kappa shape index (κ2) is 5.67. The average molecular weight is 358 g/mol. The molecule has 0 bridgehead atoms. The number of allylic oxidation sites excluding steroid dienone is 2. The first-order valence-corrected chi connectivity index (χ1v) is 9.21. The maximum atomic E-state index is 11.2. The number of ether oxygens (including phenoxy) is 1. The quantitative estimate of drug-likeness (QED) is 0.593. The number of aliphatic hydroxyl groups is 1. The van der Waals surface area contributed by atoms with Gasteiger partial charge in [-0.15, -0.1) is 0 Å². The van der Waals surface area contributed by atoms with Crippen molar-refractivity contribution in [2.75, 3.05) is 0 Å². The molecule has 1 saturated heterocycles. The Morgan fingerprint density at radius 3 is 2.50 bits per heavy atom. The molecule has 1 unspecified atom stereocenters. The fourth-order valence-electron chi connectivity index (χ4n) is 6.19. The molecule has 2 aliphatic carbocycles. The molecular formula is C22H30O4. The van der Waals surface area contributed by atoms with Crippen LogP contribution in [0.1, 0.15) is 41.5 Å². The number of rotatable bonds is 3. The van der Waals surface area contributed by atoms with Crippen molar-refractivity contribution in [1.82, 2.24) is 0 Å². The zero-order valence-electron chi connectivity index (χ0n) is 16.5. The van der Waals surface area contributed by atoms with E-state index >= 15 is 0 Å². The third-order valence-corrected chi connectivity index (χ3v) is 7.46. The van der Waals surface area contributed by atoms with Crippen LogP contribution in [0.4, 0.5) is 0 Å². The lowest BCUT2D eigenvalue weighted by Crippen LogP contribution is -2.58. The minimum Gasteiger partial charge on any atom is -0.478 e. The maximum absolute atomic E-state index is 11.2. The van der Waals surface area contributed by atoms with Crippen LogP contribution in [0.25, 0.3) is 0 Å². The molecule has 0 aromatic carbocycles. The van der Waals surface area contributed by atoms with Gasteiger partial charge in [0.2, 0.25) is 0 Å². The molecule has 0 aromatic rings. The molecule has 4 nitrogen and oxygen atoms in total. The standard InChI is InChI=1S/C22H30O4/c1-8-12(2)18-21(6)11-13(3)16-20(5,10-9-15(23)24)17(25)14(4)19(26-18)22(16,21)7/h8-11,16-19,25H,4H2,1-3,5-7H3,(H,23,24)/b10-9+,12-8+/t16-,17-,18+,19?,20+,21+,22-/m1/s1. The number of hydrogen-bond acceptors (Lipinski definition) is 3. The molecule has 1 saturated carbocycles. The smallest absolute Gasteiger partial charge is 0.327 e. The average Bonchev–Trinajstić information content (AvgIpc) is 2.91. The van der Waals surface area contributed by atoms with Crippen LogP contribution in [0.2, 0.25) is 0 Å². The number of carboxylic acids is 1. The van der Waals surface area contributed by atoms with Gasteiger partial charge in [-0.25, -0.2) is 4.79 Å². The summed E-state index contributed by atoms with van der Waals surface area (Å²) in [5.41, 5.74) is 1.69. The summed E-state index contributed by atoms with van der Waals surface area (Å²) >= 11 is 0. The fraction of sp³-hybridized carbons (Fsp3) is 0.591. The first-order valence-electron chi connectivity index (χ1n) is 9.21. The highest BCUT2D eigenvalue weighted by molar-refractivity contribution is 5.80. The lowest BCUT2D eigenvalue weighted by atomic mass is 9.47. The predicted octanol–water partition coefficient (Wildman–Crippen LogP) is 3.89. The Morgan fingerprint density at radius 2 is 1.96 bits per heavy atom. The molecular weight excluding hydrogens is 328 g/mol. The monoisotopic (exact) mass is 358 g/mol. The van der Waals surface area contributed by atoms with E-state index in [1.165, 1.54) is 5.57 Å². The molecule has 2 N–H and O–H groups in total. The first kappa shape index (κ1) is 19.1. The first-order chi connectivity index (χ1) is 11.9. The Balaban J connectivity index is 2.23. The molecule has 0 aromatic heterocycles. The van der Waals surface area contributed by atoms with Gasteiger partial charge < -0.3 is 14.9 Å². The summed E-state index contributed by atoms with van der Waals surface area (Å²) in [5, 5.41) is 20.3. The van der Waals surface area contributed by atoms with Crippen LogP contribution in [-0.2, 0) is 9.53 Å². The van der Waals surface area contributed by atoms with Crippen LogP contribution in [-0.4, -0.2) is 34.5 Å². The van der Waals surface area contributed by atoms with Crippen molar-refractivity contribution in [3.05, 3.63) is 47.6 Å². The zero-order valence-corrected chi connectivity index (χ0v) is 16.5. The van der Waals surface area contributed by atoms with Gasteiger partial charge in [0, 0.05) is 28.2 Å². The highest BCUT2D eigenvalue weighted by Gasteiger charge is 2.73. The van der Waals surface area contributed by atoms with Gasteiger partial charge in [0.05, 0.1) is 18.3 Å². The third kappa shape index (κ3) is 2.06. The summed E-state index contributed by atoms with van der Waals surface area (Å²) in [6.07, 6.45) is 5.94. The Kier molecular flexibility index (Phi) is 4.17. The Morgan fingerprint density at radius 1 is 1.35 bits per heavy atom. The molecule has 4 heteroatoms. The summed E-state index contributed by atoms with van der Waals surface area (Å²) in [5.74, 6) is -1.04. The summed E-state index contributed by atoms with van der Waals surface area (Å²) in [6, 6.07) is 0. The number of aliphatic hydroxyl groups excluding tert-OH is 1. The molecule has 0 amide bonds. The van der Waals surface area contributed by atoms with E-state index in [2.05, 4.69) is 46.4 Å². The molecule has 1 aliphatic heterocycles. The summed E-state index contributed by atoms with van der Waals surface area (Å²) in [6.45, 7) is 16.7. The Hall–Kier alpha value is -1.65. The molecule has 3 rings (SSSR count). The van der Waals surface area contributed by atoms with Crippen LogP contribution < -0.4 is 0 Å². The molecule has 0 spiro atoms. The van der Waals surface area contributed by atoms with Crippen LogP contribution >= 0.6 is 0 Å². The van der Waals surface area contributed by atoms with Gasteiger partial charge >= 0.3 is 5.97 Å². The minimum atomic E-state index is -1.01. The van der Waals surface area contributed by atoms with Crippen LogP contribution in [0.5, 0.6) is 0 Å². The number of hydrogen-bond donors (Lipinski definition) is 2. The fourth-order valence-corrected chi connectivity index (χ4v) is 6.19. The Labute approximate surface area is 155 Å². The molecule has 3 aliphatic rings. The van der Waals surface area contributed by atoms with E-state index in [-0.39, 0.29) is 29.0 Å². The van der Waals surface area contributed by atoms with E-state index in [4.69, 9.17) is 9.84 Å². The van der Waals surface area contributed by atoms with E-state index in [9.17, 15) is 9.90 Å². The molecule has 142 valence electrons. The highest BCUT2D eigenvalue weighted by Crippen LogP contribution is 2.72. The molecule has 7 atom stereocenters. The van der Waals surface area contributed by atoms with Crippen molar-refractivity contribution < 1.29 is 19.7 Å². The normalized spacial score (nSPS) is 48.0. The van der Waals surface area contributed by atoms with Gasteiger partial charge in [0.15, 0.2) is 0 Å². The SMILES string of the molecule is C=C1C2O[C@@H](/C(C)=C/C)[C@]3(C)C=C(C)[C@H]([C@](C)(/C=C/C(=O)O)[C@@H]1O)[C@]23C. The van der Waals surface area contributed by atoms with Crippen molar-refractivity contribution >= 4 is 5.97 Å². The molecule has 1 heterocycles. The molecule has 2 fully saturated rings. The van der Waals surface area contributed by atoms with Crippen molar-refractivity contribution in [2.24, 2.45) is 22.2 Å². The van der Waals surface area contributed by atoms with Gasteiger partial charge in [-0.3, -0.25) is 0 Å². The van der Waals surface area contributed by atoms with Crippen LogP contribution in [0.3, 0.4) is 0 Å². The van der Waals surface area contributed by atoms with E-state index in [1.807, 2.05) is 13.8 Å². The second-order valence-electron chi connectivity index (χ2n) is 8.83. The summed E-state index contributed by atoms with van der Waals surface area (Å²) in [7, 11) is 0. The van der Waals surface area contributed by atoms with Gasteiger partial charge in [0.1, 0.15) is 0 Å². The van der Waals surface area contributed by atoms with Gasteiger partial charge in [-0.1, -0.05) is 51.2 Å². The topological polar surface area (TPSA) is 66.8 Å². The third-order valence-electron chi connectivity index (χ3n) is 7.46. The van der Waals surface area contributed by atoms with Gasteiger partial charge in [0.25, 0.3) is 0 Å². The number of carbonyl (C=O) groups is 1. The highest BCUT2D eigenvalue weighted by atomic mass is 16.5. The summed E-state index contributed by atoms with van der Waals surface area (Å²) < 4.78 is 6.50. The van der Waals surface area contributed by atoms with Crippen molar-refractivity contribution in [3.8, 4) is 0 Å². The lowest BCUT2D eigenvalue weighted by Gasteiger charge is -2.56. The number of aliphatic carboxylic acids is 1. The maximum Gasteiger partial charge on any atom is 0.327 e. The van der Waals surface area contributed by atoms with E-state index in [1.54, 1.807) is 6.08 Å². The molecule has 26 heavy (non-hydrogen) atoms. The molecule has 0 radical (unpaired) electrons. The van der Waals surface area contributed by atoms with Crippen molar-refractivity contribution in [3.63, 3.8) is 0 Å². The van der Waals surface area contributed by atoms with Crippen LogP contribution in [0, 0.1) is 22.2 Å². The van der Waals surface area contributed by atoms with E-state index in [0.717, 1.165) is 11.6 Å². The Bertz CT molecular complexity index is 760. The predicted molar refractivity (Wildman–Crippen MR) is 102 cm³/mol. The van der Waals surface area contributed by atoms with Crippen molar-refractivity contribution in [2.45, 2.75) is 59.9 Å². The largest absolute Gasteiger partial charge is 0.478 e. The number of carboxylic acid groups (broad SMARTS) is 1. The zero-order chi connectivity index (χ0) is 19.7. The van der Waals surface area contributed by atoms with Crippen molar-refractivity contribution in [1.29, 1.82) is 0 Å². The van der Waals surface area contributed by atoms with Crippen LogP contribution in [0.15, 0.2) is 47.6 Å². The van der Waals surface area contributed by atoms with Gasteiger partial charge in [-0.2, -0.15) is 0 Å². The van der Waals surface area contributed by atoms with E-state index < -0.39 is 17.5 Å².